The van der Waals surface area contributed by atoms with Crippen molar-refractivity contribution < 1.29 is 5.11 Å². The predicted octanol–water partition coefficient (Wildman–Crippen LogP) is 7.63. The normalized spacial score (nSPS) is 47.9. The second-order valence-corrected chi connectivity index (χ2v) is 12.7. The molecule has 3 saturated carbocycles. The van der Waals surface area contributed by atoms with Crippen LogP contribution >= 0.6 is 0 Å². The van der Waals surface area contributed by atoms with E-state index in [-0.39, 0.29) is 6.10 Å². The first-order valence-corrected chi connectivity index (χ1v) is 13.1. The van der Waals surface area contributed by atoms with Gasteiger partial charge in [-0.1, -0.05) is 72.5 Å². The van der Waals surface area contributed by atoms with E-state index in [1.165, 1.54) is 57.8 Å². The van der Waals surface area contributed by atoms with Crippen molar-refractivity contribution in [2.75, 3.05) is 0 Å². The first-order valence-electron chi connectivity index (χ1n) is 13.1. The molecule has 0 aromatic rings. The molecule has 0 spiro atoms. The average molecular weight is 401 g/mol. The van der Waals surface area contributed by atoms with Crippen molar-refractivity contribution >= 4 is 0 Å². The van der Waals surface area contributed by atoms with E-state index in [1.54, 1.807) is 0 Å². The van der Waals surface area contributed by atoms with Gasteiger partial charge < -0.3 is 5.11 Å². The van der Waals surface area contributed by atoms with Gasteiger partial charge in [0.1, 0.15) is 0 Å². The molecule has 0 aliphatic heterocycles. The lowest BCUT2D eigenvalue weighted by Crippen LogP contribution is -2.52. The Kier molecular flexibility index (Phi) is 6.04. The van der Waals surface area contributed by atoms with Crippen LogP contribution in [0.25, 0.3) is 0 Å². The van der Waals surface area contributed by atoms with Gasteiger partial charge in [-0.05, 0) is 97.2 Å². The summed E-state index contributed by atoms with van der Waals surface area (Å²) in [6, 6.07) is 0. The highest BCUT2D eigenvalue weighted by atomic mass is 16.3. The second kappa shape index (κ2) is 7.99. The highest BCUT2D eigenvalue weighted by Gasteiger charge is 2.59. The number of allylic oxidation sites excluding steroid dienone is 2. The summed E-state index contributed by atoms with van der Waals surface area (Å²) in [6.45, 7) is 14.9. The molecular weight excluding hydrogens is 352 g/mol. The van der Waals surface area contributed by atoms with E-state index >= 15 is 0 Å². The van der Waals surface area contributed by atoms with Crippen LogP contribution in [0.4, 0.5) is 0 Å². The van der Waals surface area contributed by atoms with Crippen molar-refractivity contribution in [3.05, 3.63) is 11.6 Å². The van der Waals surface area contributed by atoms with E-state index in [0.717, 1.165) is 36.0 Å². The van der Waals surface area contributed by atoms with Gasteiger partial charge >= 0.3 is 0 Å². The molecular formula is C28H48O. The zero-order valence-corrected chi connectivity index (χ0v) is 20.2. The van der Waals surface area contributed by atoms with Gasteiger partial charge in [0.05, 0.1) is 6.10 Å². The Balaban J connectivity index is 1.52. The molecule has 3 fully saturated rings. The van der Waals surface area contributed by atoms with Crippen LogP contribution in [0.5, 0.6) is 0 Å². The van der Waals surface area contributed by atoms with Crippen molar-refractivity contribution in [3.63, 3.8) is 0 Å². The molecule has 1 unspecified atom stereocenters. The molecule has 1 heteroatoms. The maximum Gasteiger partial charge on any atom is 0.0568 e. The van der Waals surface area contributed by atoms with E-state index < -0.39 is 0 Å². The van der Waals surface area contributed by atoms with Gasteiger partial charge in [-0.15, -0.1) is 0 Å². The summed E-state index contributed by atoms with van der Waals surface area (Å²) in [5.74, 6) is 5.47. The third-order valence-corrected chi connectivity index (χ3v) is 10.8. The molecule has 0 saturated heterocycles. The van der Waals surface area contributed by atoms with Crippen molar-refractivity contribution in [3.8, 4) is 0 Å². The molecule has 0 heterocycles. The fourth-order valence-corrected chi connectivity index (χ4v) is 8.97. The molecule has 0 amide bonds. The average Bonchev–Trinajstić information content (AvgIpc) is 3.02. The maximum absolute atomic E-state index is 10.5. The monoisotopic (exact) mass is 400 g/mol. The van der Waals surface area contributed by atoms with Crippen LogP contribution in [0.3, 0.4) is 0 Å². The number of hydrogen-bond acceptors (Lipinski definition) is 1. The van der Waals surface area contributed by atoms with Crippen LogP contribution in [0.2, 0.25) is 0 Å². The minimum Gasteiger partial charge on any atom is -0.393 e. The van der Waals surface area contributed by atoms with E-state index in [1.807, 2.05) is 5.57 Å². The lowest BCUT2D eigenvalue weighted by atomic mass is 9.46. The van der Waals surface area contributed by atoms with E-state index in [9.17, 15) is 5.11 Å². The SMILES string of the molecule is CC(C)CCC[C@@H](C)[C@H]1CC[C@H]2C3=CCC4[C@H](C)[C@H](O)CC[C@]4(C)[C@H]3CC[C@]12C. The summed E-state index contributed by atoms with van der Waals surface area (Å²) in [5, 5.41) is 10.5. The van der Waals surface area contributed by atoms with Gasteiger partial charge in [0.2, 0.25) is 0 Å². The van der Waals surface area contributed by atoms with Crippen LogP contribution in [0.15, 0.2) is 11.6 Å². The Labute approximate surface area is 181 Å². The molecule has 29 heavy (non-hydrogen) atoms. The molecule has 1 N–H and O–H groups in total. The lowest BCUT2D eigenvalue weighted by Gasteiger charge is -2.59. The van der Waals surface area contributed by atoms with Crippen molar-refractivity contribution in [2.45, 2.75) is 112 Å². The number of aliphatic hydroxyl groups is 1. The highest BCUT2D eigenvalue weighted by molar-refractivity contribution is 5.28. The van der Waals surface area contributed by atoms with Crippen molar-refractivity contribution in [1.82, 2.24) is 0 Å². The van der Waals surface area contributed by atoms with Gasteiger partial charge in [-0.2, -0.15) is 0 Å². The lowest BCUT2D eigenvalue weighted by molar-refractivity contribution is -0.0773. The molecule has 4 aliphatic carbocycles. The minimum absolute atomic E-state index is 0.0700. The number of hydrogen-bond donors (Lipinski definition) is 1. The Hall–Kier alpha value is -0.300. The Bertz CT molecular complexity index is 620. The standard InChI is InChI=1S/C28H48O/c1-18(2)8-7-9-19(3)22-12-13-24-21-10-11-23-20(4)26(29)15-17-28(23,6)25(21)14-16-27(22,24)5/h10,18-20,22-26,29H,7-9,11-17H2,1-6H3/t19-,20+,22-,23?,24+,25+,26-,27-,28+/m1/s1. The fourth-order valence-electron chi connectivity index (χ4n) is 8.97. The fraction of sp³-hybridized carbons (Fsp3) is 0.929. The van der Waals surface area contributed by atoms with Crippen LogP contribution in [0, 0.1) is 52.3 Å². The predicted molar refractivity (Wildman–Crippen MR) is 124 cm³/mol. The van der Waals surface area contributed by atoms with Crippen LogP contribution in [0.1, 0.15) is 106 Å². The minimum atomic E-state index is -0.0700. The zero-order chi connectivity index (χ0) is 21.0. The van der Waals surface area contributed by atoms with E-state index in [0.29, 0.717) is 22.7 Å². The summed E-state index contributed by atoms with van der Waals surface area (Å²) >= 11 is 0. The van der Waals surface area contributed by atoms with Gasteiger partial charge in [-0.3, -0.25) is 0 Å². The summed E-state index contributed by atoms with van der Waals surface area (Å²) in [4.78, 5) is 0. The second-order valence-electron chi connectivity index (χ2n) is 12.7. The molecule has 1 nitrogen and oxygen atoms in total. The van der Waals surface area contributed by atoms with Crippen LogP contribution < -0.4 is 0 Å². The molecule has 4 aliphatic rings. The Morgan fingerprint density at radius 1 is 0.966 bits per heavy atom. The molecule has 0 aromatic heterocycles. The van der Waals surface area contributed by atoms with Crippen LogP contribution in [-0.2, 0) is 0 Å². The molecule has 0 aromatic carbocycles. The smallest absolute Gasteiger partial charge is 0.0568 e. The summed E-state index contributed by atoms with van der Waals surface area (Å²) in [7, 11) is 0. The molecule has 0 bridgehead atoms. The van der Waals surface area contributed by atoms with Gasteiger partial charge in [0.15, 0.2) is 0 Å². The van der Waals surface area contributed by atoms with Gasteiger partial charge in [0.25, 0.3) is 0 Å². The third-order valence-electron chi connectivity index (χ3n) is 10.8. The quantitative estimate of drug-likeness (QED) is 0.470. The van der Waals surface area contributed by atoms with Gasteiger partial charge in [-0.25, -0.2) is 0 Å². The molecule has 166 valence electrons. The highest BCUT2D eigenvalue weighted by Crippen LogP contribution is 2.67. The maximum atomic E-state index is 10.5. The number of aliphatic hydroxyl groups excluding tert-OH is 1. The number of rotatable bonds is 5. The summed E-state index contributed by atoms with van der Waals surface area (Å²) < 4.78 is 0. The molecule has 9 atom stereocenters. The van der Waals surface area contributed by atoms with E-state index in [2.05, 4.69) is 47.6 Å². The number of fused-ring (bicyclic) bond motifs is 5. The molecule has 4 rings (SSSR count). The van der Waals surface area contributed by atoms with E-state index in [4.69, 9.17) is 0 Å². The van der Waals surface area contributed by atoms with Crippen LogP contribution in [-0.4, -0.2) is 11.2 Å². The topological polar surface area (TPSA) is 20.2 Å². The van der Waals surface area contributed by atoms with Crippen molar-refractivity contribution in [1.29, 1.82) is 0 Å². The Morgan fingerprint density at radius 3 is 2.38 bits per heavy atom. The zero-order valence-electron chi connectivity index (χ0n) is 20.2. The van der Waals surface area contributed by atoms with Crippen molar-refractivity contribution in [2.24, 2.45) is 52.3 Å². The summed E-state index contributed by atoms with van der Waals surface area (Å²) in [5.41, 5.74) is 2.85. The Morgan fingerprint density at radius 2 is 1.66 bits per heavy atom. The molecule has 0 radical (unpaired) electrons. The van der Waals surface area contributed by atoms with Gasteiger partial charge in [0, 0.05) is 0 Å². The first-order chi connectivity index (χ1) is 13.7. The first kappa shape index (κ1) is 21.9. The third kappa shape index (κ3) is 3.56. The summed E-state index contributed by atoms with van der Waals surface area (Å²) in [6.07, 6.45) is 16.1. The largest absolute Gasteiger partial charge is 0.393 e.